The molecule has 0 atom stereocenters. The van der Waals surface area contributed by atoms with E-state index in [0.717, 1.165) is 24.0 Å². The minimum atomic E-state index is -0.846. The van der Waals surface area contributed by atoms with Gasteiger partial charge in [-0.3, -0.25) is 0 Å². The van der Waals surface area contributed by atoms with Crippen molar-refractivity contribution in [2.24, 2.45) is 0 Å². The number of benzene rings is 4. The van der Waals surface area contributed by atoms with E-state index in [1.54, 1.807) is 0 Å². The summed E-state index contributed by atoms with van der Waals surface area (Å²) < 4.78 is 0. The molecule has 2 nitrogen and oxygen atoms in total. The summed E-state index contributed by atoms with van der Waals surface area (Å²) in [5.41, 5.74) is 11.2. The maximum Gasteiger partial charge on any atom is 0.0670 e. The summed E-state index contributed by atoms with van der Waals surface area (Å²) in [4.78, 5) is 0. The van der Waals surface area contributed by atoms with E-state index in [1.807, 2.05) is 0 Å². The molecule has 0 fully saturated rings. The Hall–Kier alpha value is -3.20. The predicted molar refractivity (Wildman–Crippen MR) is 124 cm³/mol. The molecule has 0 saturated carbocycles. The minimum absolute atomic E-state index is 0.136. The molecule has 0 amide bonds. The normalized spacial score (nSPS) is 13.5. The van der Waals surface area contributed by atoms with Crippen LogP contribution in [0.25, 0.3) is 22.3 Å². The maximum atomic E-state index is 10.8. The Morgan fingerprint density at radius 3 is 1.39 bits per heavy atom. The molecule has 2 aliphatic carbocycles. The summed E-state index contributed by atoms with van der Waals surface area (Å²) in [6, 6.07) is 29.6. The first-order chi connectivity index (χ1) is 15.3. The van der Waals surface area contributed by atoms with Crippen LogP contribution in [0.15, 0.2) is 84.9 Å². The highest BCUT2D eigenvalue weighted by Crippen LogP contribution is 2.47. The molecule has 2 aliphatic rings. The van der Waals surface area contributed by atoms with Gasteiger partial charge >= 0.3 is 0 Å². The van der Waals surface area contributed by atoms with Crippen LogP contribution >= 0.6 is 0 Å². The molecular weight excluding hydrogens is 380 g/mol. The van der Waals surface area contributed by atoms with Crippen LogP contribution in [-0.4, -0.2) is 23.4 Å². The molecule has 0 aromatic heterocycles. The Morgan fingerprint density at radius 1 is 0.516 bits per heavy atom. The lowest BCUT2D eigenvalue weighted by Crippen LogP contribution is -2.38. The smallest absolute Gasteiger partial charge is 0.0670 e. The molecule has 0 heterocycles. The van der Waals surface area contributed by atoms with E-state index in [1.165, 1.54) is 44.5 Å². The molecule has 4 aromatic carbocycles. The zero-order chi connectivity index (χ0) is 21.0. The average molecular weight is 405 g/mol. The average Bonchev–Trinajstić information content (AvgIpc) is 3.39. The van der Waals surface area contributed by atoms with E-state index in [9.17, 15) is 10.2 Å². The third kappa shape index (κ3) is 2.52. The third-order valence-corrected chi connectivity index (χ3v) is 7.27. The second-order valence-electron chi connectivity index (χ2n) is 8.73. The van der Waals surface area contributed by atoms with Gasteiger partial charge in [-0.15, -0.1) is 0 Å². The van der Waals surface area contributed by atoms with Gasteiger partial charge in [0.25, 0.3) is 0 Å². The summed E-state index contributed by atoms with van der Waals surface area (Å²) in [5, 5.41) is 21.6. The molecule has 4 aromatic rings. The fraction of sp³-hybridized carbons (Fsp3) is 0.172. The van der Waals surface area contributed by atoms with Crippen LogP contribution < -0.4 is 0 Å². The highest BCUT2D eigenvalue weighted by Gasteiger charge is 2.40. The van der Waals surface area contributed by atoms with E-state index in [0.29, 0.717) is 0 Å². The first-order valence-electron chi connectivity index (χ1n) is 10.9. The summed E-state index contributed by atoms with van der Waals surface area (Å²) in [7, 11) is 0. The molecule has 0 saturated heterocycles. The number of hydrogen-bond acceptors (Lipinski definition) is 2. The molecule has 0 unspecified atom stereocenters. The van der Waals surface area contributed by atoms with Gasteiger partial charge in [0.15, 0.2) is 0 Å². The molecule has 6 rings (SSSR count). The minimum Gasteiger partial charge on any atom is -0.395 e. The molecule has 152 valence electrons. The fourth-order valence-electron chi connectivity index (χ4n) is 5.75. The van der Waals surface area contributed by atoms with E-state index < -0.39 is 5.41 Å². The molecule has 31 heavy (non-hydrogen) atoms. The molecular formula is C29H24O2. The number of fused-ring (bicyclic) bond motifs is 6. The largest absolute Gasteiger partial charge is 0.395 e. The second-order valence-corrected chi connectivity index (χ2v) is 8.73. The molecule has 2 heteroatoms. The van der Waals surface area contributed by atoms with E-state index in [2.05, 4.69) is 84.9 Å². The van der Waals surface area contributed by atoms with Crippen molar-refractivity contribution in [3.63, 3.8) is 0 Å². The van der Waals surface area contributed by atoms with Gasteiger partial charge in [0.05, 0.1) is 18.6 Å². The lowest BCUT2D eigenvalue weighted by Gasteiger charge is -2.35. The Balaban J connectivity index is 1.58. The zero-order valence-electron chi connectivity index (χ0n) is 17.3. The third-order valence-electron chi connectivity index (χ3n) is 7.27. The maximum absolute atomic E-state index is 10.8. The van der Waals surface area contributed by atoms with E-state index in [-0.39, 0.29) is 13.2 Å². The van der Waals surface area contributed by atoms with Crippen molar-refractivity contribution in [3.8, 4) is 22.3 Å². The van der Waals surface area contributed by atoms with Gasteiger partial charge < -0.3 is 10.2 Å². The van der Waals surface area contributed by atoms with Crippen molar-refractivity contribution in [1.82, 2.24) is 0 Å². The first kappa shape index (κ1) is 18.6. The molecule has 0 radical (unpaired) electrons. The molecule has 2 N–H and O–H groups in total. The number of rotatable bonds is 4. The lowest BCUT2D eigenvalue weighted by molar-refractivity contribution is 0.142. The number of hydrogen-bond donors (Lipinski definition) is 2. The van der Waals surface area contributed by atoms with Crippen LogP contribution in [0.1, 0.15) is 33.4 Å². The van der Waals surface area contributed by atoms with Gasteiger partial charge in [-0.2, -0.15) is 0 Å². The summed E-state index contributed by atoms with van der Waals surface area (Å²) in [6.07, 6.45) is 1.66. The van der Waals surface area contributed by atoms with Crippen molar-refractivity contribution in [2.45, 2.75) is 18.3 Å². The topological polar surface area (TPSA) is 40.5 Å². The quantitative estimate of drug-likeness (QED) is 0.429. The zero-order valence-corrected chi connectivity index (χ0v) is 17.3. The van der Waals surface area contributed by atoms with Crippen LogP contribution in [0.5, 0.6) is 0 Å². The van der Waals surface area contributed by atoms with Crippen molar-refractivity contribution < 1.29 is 10.2 Å². The standard InChI is InChI=1S/C29H24O2/c30-17-29(18-31,27-13-5-11-23-21-9-3-1-7-19(21)15-25(23)27)28-14-6-12-24-22-10-4-2-8-20(22)16-26(24)28/h1-14,30-31H,15-18H2. The van der Waals surface area contributed by atoms with Gasteiger partial charge in [0.1, 0.15) is 0 Å². The molecule has 0 spiro atoms. The van der Waals surface area contributed by atoms with Crippen molar-refractivity contribution in [2.75, 3.05) is 13.2 Å². The van der Waals surface area contributed by atoms with Crippen LogP contribution in [0.2, 0.25) is 0 Å². The van der Waals surface area contributed by atoms with Crippen LogP contribution in [-0.2, 0) is 18.3 Å². The lowest BCUT2D eigenvalue weighted by atomic mass is 9.71. The Kier molecular flexibility index (Phi) is 4.14. The van der Waals surface area contributed by atoms with Gasteiger partial charge in [-0.05, 0) is 68.5 Å². The predicted octanol–water partition coefficient (Wildman–Crippen LogP) is 5.10. The summed E-state index contributed by atoms with van der Waals surface area (Å²) >= 11 is 0. The second kappa shape index (κ2) is 6.91. The Bertz CT molecular complexity index is 1220. The van der Waals surface area contributed by atoms with Gasteiger partial charge in [-0.1, -0.05) is 84.9 Å². The SMILES string of the molecule is OCC(CO)(c1cccc2c1Cc1ccccc1-2)c1cccc2c1Cc1ccccc1-2. The van der Waals surface area contributed by atoms with Gasteiger partial charge in [0.2, 0.25) is 0 Å². The molecule has 0 aliphatic heterocycles. The highest BCUT2D eigenvalue weighted by molar-refractivity contribution is 5.81. The van der Waals surface area contributed by atoms with Crippen molar-refractivity contribution >= 4 is 0 Å². The van der Waals surface area contributed by atoms with Gasteiger partial charge in [0, 0.05) is 0 Å². The molecule has 0 bridgehead atoms. The highest BCUT2D eigenvalue weighted by atomic mass is 16.3. The first-order valence-corrected chi connectivity index (χ1v) is 10.9. The number of aliphatic hydroxyl groups is 2. The van der Waals surface area contributed by atoms with Crippen molar-refractivity contribution in [3.05, 3.63) is 118 Å². The van der Waals surface area contributed by atoms with Crippen LogP contribution in [0.3, 0.4) is 0 Å². The Labute approximate surface area is 182 Å². The van der Waals surface area contributed by atoms with Gasteiger partial charge in [-0.25, -0.2) is 0 Å². The van der Waals surface area contributed by atoms with Crippen LogP contribution in [0, 0.1) is 0 Å². The van der Waals surface area contributed by atoms with E-state index in [4.69, 9.17) is 0 Å². The monoisotopic (exact) mass is 404 g/mol. The van der Waals surface area contributed by atoms with E-state index >= 15 is 0 Å². The summed E-state index contributed by atoms with van der Waals surface area (Å²) in [5.74, 6) is 0. The number of aliphatic hydroxyl groups excluding tert-OH is 2. The fourth-order valence-corrected chi connectivity index (χ4v) is 5.75. The van der Waals surface area contributed by atoms with Crippen molar-refractivity contribution in [1.29, 1.82) is 0 Å². The summed E-state index contributed by atoms with van der Waals surface area (Å²) in [6.45, 7) is -0.272. The Morgan fingerprint density at radius 2 is 0.935 bits per heavy atom. The van der Waals surface area contributed by atoms with Crippen LogP contribution in [0.4, 0.5) is 0 Å².